The topological polar surface area (TPSA) is 66.4 Å². The van der Waals surface area contributed by atoms with E-state index in [4.69, 9.17) is 11.6 Å². The number of likely N-dealkylation sites (tertiary alicyclic amines) is 1. The first-order valence-corrected chi connectivity index (χ1v) is 12.4. The molecule has 0 saturated carbocycles. The first-order valence-electron chi connectivity index (χ1n) is 10.8. The van der Waals surface area contributed by atoms with Gasteiger partial charge in [0.2, 0.25) is 0 Å². The lowest BCUT2D eigenvalue weighted by atomic mass is 10.00. The van der Waals surface area contributed by atoms with Crippen molar-refractivity contribution in [3.63, 3.8) is 0 Å². The van der Waals surface area contributed by atoms with Crippen molar-refractivity contribution in [2.45, 2.75) is 45.1 Å². The summed E-state index contributed by atoms with van der Waals surface area (Å²) in [6.07, 6.45) is -1.16. The molecule has 2 heterocycles. The highest BCUT2D eigenvalue weighted by Gasteiger charge is 2.36. The number of carbonyl (C=O) groups is 1. The summed E-state index contributed by atoms with van der Waals surface area (Å²) in [5, 5.41) is 5.69. The number of hydrogen-bond acceptors (Lipinski definition) is 4. The number of nitrogens with one attached hydrogen (secondary N) is 2. The van der Waals surface area contributed by atoms with Crippen LogP contribution in [0.2, 0.25) is 5.02 Å². The molecule has 33 heavy (non-hydrogen) atoms. The maximum atomic E-state index is 13.9. The van der Waals surface area contributed by atoms with Crippen LogP contribution in [0.4, 0.5) is 13.2 Å². The highest BCUT2D eigenvalue weighted by molar-refractivity contribution is 7.83. The summed E-state index contributed by atoms with van der Waals surface area (Å²) >= 11 is 6.29. The Hall–Kier alpha value is -1.88. The van der Waals surface area contributed by atoms with E-state index in [0.29, 0.717) is 24.5 Å². The molecule has 2 N–H and O–H groups in total. The molecule has 1 aliphatic heterocycles. The van der Waals surface area contributed by atoms with Crippen molar-refractivity contribution in [3.8, 4) is 0 Å². The second-order valence-electron chi connectivity index (χ2n) is 7.96. The molecule has 2 aromatic rings. The van der Waals surface area contributed by atoms with Crippen LogP contribution in [0.1, 0.15) is 46.9 Å². The van der Waals surface area contributed by atoms with Gasteiger partial charge >= 0.3 is 6.18 Å². The van der Waals surface area contributed by atoms with E-state index in [9.17, 15) is 22.2 Å². The molecule has 1 unspecified atom stereocenters. The van der Waals surface area contributed by atoms with Crippen LogP contribution in [-0.2, 0) is 30.3 Å². The molecule has 3 rings (SSSR count). The average molecular weight is 505 g/mol. The zero-order valence-electron chi connectivity index (χ0n) is 18.5. The number of alkyl halides is 3. The highest BCUT2D eigenvalue weighted by Crippen LogP contribution is 2.37. The van der Waals surface area contributed by atoms with Crippen LogP contribution in [0, 0.1) is 0 Å². The summed E-state index contributed by atoms with van der Waals surface area (Å²) < 4.78 is 55.3. The third-order valence-corrected chi connectivity index (χ3v) is 7.37. The van der Waals surface area contributed by atoms with Crippen molar-refractivity contribution < 1.29 is 22.2 Å². The van der Waals surface area contributed by atoms with Crippen molar-refractivity contribution in [2.24, 2.45) is 0 Å². The Morgan fingerprint density at radius 3 is 2.76 bits per heavy atom. The van der Waals surface area contributed by atoms with Crippen molar-refractivity contribution in [3.05, 3.63) is 57.9 Å². The van der Waals surface area contributed by atoms with Crippen molar-refractivity contribution >= 4 is 28.5 Å². The van der Waals surface area contributed by atoms with Crippen LogP contribution in [-0.4, -0.2) is 50.9 Å². The standard InChI is InChI=1S/C22H28ClF3N4O2S/c1-3-33(32)30-9-5-7-17(30)12-28-21(31)15-10-19(22(24,25)26)18(20(23)11-15)14-29-8-4-6-16(13-29)27-2/h5,7,9-11,16,27H,3-4,6,8,12-14H2,1-2H3,(H,28,31)/t16-,33?/m0/s1. The first-order chi connectivity index (χ1) is 15.6. The molecule has 1 fully saturated rings. The van der Waals surface area contributed by atoms with Gasteiger partial charge in [0.1, 0.15) is 11.0 Å². The van der Waals surface area contributed by atoms with E-state index < -0.39 is 28.6 Å². The minimum absolute atomic E-state index is 0.0234. The summed E-state index contributed by atoms with van der Waals surface area (Å²) in [4.78, 5) is 14.6. The molecule has 6 nitrogen and oxygen atoms in total. The van der Waals surface area contributed by atoms with E-state index in [1.807, 2.05) is 11.9 Å². The van der Waals surface area contributed by atoms with Gasteiger partial charge in [-0.15, -0.1) is 0 Å². The number of hydrogen-bond donors (Lipinski definition) is 2. The lowest BCUT2D eigenvalue weighted by Gasteiger charge is -2.33. The van der Waals surface area contributed by atoms with Gasteiger partial charge in [0.25, 0.3) is 5.91 Å². The number of carbonyl (C=O) groups excluding carboxylic acids is 1. The van der Waals surface area contributed by atoms with Gasteiger partial charge in [-0.3, -0.25) is 13.7 Å². The Balaban J connectivity index is 1.81. The van der Waals surface area contributed by atoms with Crippen LogP contribution in [0.3, 0.4) is 0 Å². The summed E-state index contributed by atoms with van der Waals surface area (Å²) in [7, 11) is 0.567. The lowest BCUT2D eigenvalue weighted by molar-refractivity contribution is -0.138. The molecule has 2 atom stereocenters. The van der Waals surface area contributed by atoms with Gasteiger partial charge in [-0.1, -0.05) is 18.5 Å². The van der Waals surface area contributed by atoms with Crippen LogP contribution in [0.25, 0.3) is 0 Å². The molecule has 1 saturated heterocycles. The monoisotopic (exact) mass is 504 g/mol. The summed E-state index contributed by atoms with van der Waals surface area (Å²) in [5.74, 6) is -0.287. The van der Waals surface area contributed by atoms with Crippen molar-refractivity contribution in [1.29, 1.82) is 0 Å². The molecule has 11 heteroatoms. The van der Waals surface area contributed by atoms with Gasteiger partial charge in [-0.25, -0.2) is 4.21 Å². The fraction of sp³-hybridized carbons (Fsp3) is 0.500. The Morgan fingerprint density at radius 2 is 2.09 bits per heavy atom. The zero-order valence-corrected chi connectivity index (χ0v) is 20.1. The van der Waals surface area contributed by atoms with Crippen LogP contribution in [0.15, 0.2) is 30.5 Å². The SMILES string of the molecule is CCS(=O)n1cccc1CNC(=O)c1cc(Cl)c(CN2CCC[C@H](NC)C2)c(C(F)(F)F)c1. The number of piperidine rings is 1. The maximum absolute atomic E-state index is 13.9. The summed E-state index contributed by atoms with van der Waals surface area (Å²) in [6.45, 7) is 3.17. The highest BCUT2D eigenvalue weighted by atomic mass is 35.5. The van der Waals surface area contributed by atoms with E-state index in [1.54, 1.807) is 25.3 Å². The summed E-state index contributed by atoms with van der Waals surface area (Å²) in [6, 6.07) is 5.76. The smallest absolute Gasteiger partial charge is 0.346 e. The van der Waals surface area contributed by atoms with E-state index in [-0.39, 0.29) is 35.3 Å². The van der Waals surface area contributed by atoms with Crippen molar-refractivity contribution in [2.75, 3.05) is 25.9 Å². The lowest BCUT2D eigenvalue weighted by Crippen LogP contribution is -2.44. The average Bonchev–Trinajstić information content (AvgIpc) is 3.26. The first kappa shape index (κ1) is 25.7. The van der Waals surface area contributed by atoms with E-state index in [1.165, 1.54) is 10.0 Å². The van der Waals surface area contributed by atoms with Gasteiger partial charge in [0, 0.05) is 41.7 Å². The van der Waals surface area contributed by atoms with E-state index in [2.05, 4.69) is 10.6 Å². The molecular formula is C22H28ClF3N4O2S. The number of aromatic nitrogens is 1. The second-order valence-corrected chi connectivity index (χ2v) is 9.98. The number of halogens is 4. The van der Waals surface area contributed by atoms with Gasteiger partial charge in [0.05, 0.1) is 17.8 Å². The fourth-order valence-corrected chi connectivity index (χ4v) is 5.14. The molecular weight excluding hydrogens is 477 g/mol. The quantitative estimate of drug-likeness (QED) is 0.574. The Bertz CT molecular complexity index is 1010. The third kappa shape index (κ3) is 6.38. The number of likely N-dealkylation sites (N-methyl/N-ethyl adjacent to an activating group) is 1. The third-order valence-electron chi connectivity index (χ3n) is 5.75. The van der Waals surface area contributed by atoms with Crippen LogP contribution < -0.4 is 10.6 Å². The van der Waals surface area contributed by atoms with Gasteiger partial charge < -0.3 is 10.6 Å². The Labute approximate surface area is 199 Å². The largest absolute Gasteiger partial charge is 0.416 e. The number of rotatable bonds is 8. The molecule has 0 bridgehead atoms. The molecule has 1 aliphatic rings. The van der Waals surface area contributed by atoms with Gasteiger partial charge in [-0.05, 0) is 56.3 Å². The molecule has 0 aliphatic carbocycles. The van der Waals surface area contributed by atoms with E-state index >= 15 is 0 Å². The van der Waals surface area contributed by atoms with Gasteiger partial charge in [0.15, 0.2) is 0 Å². The predicted molar refractivity (Wildman–Crippen MR) is 123 cm³/mol. The normalized spacial score (nSPS) is 18.3. The molecule has 0 spiro atoms. The van der Waals surface area contributed by atoms with Gasteiger partial charge in [-0.2, -0.15) is 13.2 Å². The number of nitrogens with zero attached hydrogens (tertiary/aromatic N) is 2. The molecule has 1 amide bonds. The molecule has 182 valence electrons. The predicted octanol–water partition coefficient (Wildman–Crippen LogP) is 3.81. The summed E-state index contributed by atoms with van der Waals surface area (Å²) in [5.41, 5.74) is -0.504. The maximum Gasteiger partial charge on any atom is 0.416 e. The van der Waals surface area contributed by atoms with E-state index in [0.717, 1.165) is 18.9 Å². The fourth-order valence-electron chi connectivity index (χ4n) is 3.99. The Kier molecular flexibility index (Phi) is 8.60. The number of benzene rings is 1. The zero-order chi connectivity index (χ0) is 24.2. The molecule has 0 radical (unpaired) electrons. The molecule has 1 aromatic carbocycles. The Morgan fingerprint density at radius 1 is 1.33 bits per heavy atom. The van der Waals surface area contributed by atoms with Crippen LogP contribution in [0.5, 0.6) is 0 Å². The van der Waals surface area contributed by atoms with Crippen LogP contribution >= 0.6 is 11.6 Å². The van der Waals surface area contributed by atoms with Crippen molar-refractivity contribution in [1.82, 2.24) is 19.5 Å². The number of amides is 1. The minimum Gasteiger partial charge on any atom is -0.346 e. The molecule has 1 aromatic heterocycles. The second kappa shape index (κ2) is 11.0. The minimum atomic E-state index is -4.65.